The molecule has 0 saturated carbocycles. The van der Waals surface area contributed by atoms with E-state index < -0.39 is 5.97 Å². The summed E-state index contributed by atoms with van der Waals surface area (Å²) in [6.07, 6.45) is 0.198. The Hall–Kier alpha value is -2.82. The van der Waals surface area contributed by atoms with E-state index in [1.165, 1.54) is 0 Å². The van der Waals surface area contributed by atoms with Gasteiger partial charge in [0.25, 0.3) is 0 Å². The summed E-state index contributed by atoms with van der Waals surface area (Å²) < 4.78 is 5.07. The molecule has 7 heteroatoms. The number of amides is 1. The molecule has 0 radical (unpaired) electrons. The minimum absolute atomic E-state index is 0.198. The van der Waals surface area contributed by atoms with Crippen molar-refractivity contribution in [1.29, 1.82) is 5.26 Å². The van der Waals surface area contributed by atoms with Crippen LogP contribution < -0.4 is 5.32 Å². The second-order valence-electron chi connectivity index (χ2n) is 5.99. The quantitative estimate of drug-likeness (QED) is 0.346. The first-order valence-corrected chi connectivity index (χ1v) is 10.3. The molecule has 0 spiro atoms. The maximum absolute atomic E-state index is 12.7. The largest absolute Gasteiger partial charge is 0.462 e. The zero-order chi connectivity index (χ0) is 20.1. The van der Waals surface area contributed by atoms with Gasteiger partial charge in [0.05, 0.1) is 17.9 Å². The molecule has 142 valence electrons. The van der Waals surface area contributed by atoms with Crippen molar-refractivity contribution in [3.63, 3.8) is 0 Å². The Balaban J connectivity index is 1.86. The smallest absolute Gasteiger partial charge is 0.348 e. The van der Waals surface area contributed by atoms with Gasteiger partial charge in [-0.3, -0.25) is 4.79 Å². The lowest BCUT2D eigenvalue weighted by atomic mass is 10.0. The third-order valence-electron chi connectivity index (χ3n) is 4.18. The minimum Gasteiger partial charge on any atom is -0.462 e. The molecular weight excluding hydrogens is 392 g/mol. The molecule has 0 atom stereocenters. The predicted molar refractivity (Wildman–Crippen MR) is 113 cm³/mol. The van der Waals surface area contributed by atoms with E-state index in [4.69, 9.17) is 10.00 Å². The number of anilines is 1. The fourth-order valence-corrected chi connectivity index (χ4v) is 4.75. The van der Waals surface area contributed by atoms with Gasteiger partial charge in [0.2, 0.25) is 5.91 Å². The summed E-state index contributed by atoms with van der Waals surface area (Å²) >= 11 is 2.07. The molecule has 28 heavy (non-hydrogen) atoms. The fraction of sp³-hybridized carbons (Fsp3) is 0.190. The Bertz CT molecular complexity index is 1080. The highest BCUT2D eigenvalue weighted by Crippen LogP contribution is 2.40. The van der Waals surface area contributed by atoms with Crippen LogP contribution >= 0.6 is 23.1 Å². The normalized spacial score (nSPS) is 10.5. The summed E-state index contributed by atoms with van der Waals surface area (Å²) in [5.74, 6) is -0.646. The monoisotopic (exact) mass is 410 g/mol. The van der Waals surface area contributed by atoms with Gasteiger partial charge in [-0.2, -0.15) is 5.26 Å². The van der Waals surface area contributed by atoms with Crippen molar-refractivity contribution in [2.75, 3.05) is 11.9 Å². The number of carbonyl (C=O) groups is 2. The number of thioether (sulfide) groups is 1. The van der Waals surface area contributed by atoms with E-state index in [-0.39, 0.29) is 18.9 Å². The van der Waals surface area contributed by atoms with E-state index >= 15 is 0 Å². The van der Waals surface area contributed by atoms with E-state index in [0.717, 1.165) is 39.4 Å². The zero-order valence-electron chi connectivity index (χ0n) is 15.4. The average Bonchev–Trinajstić information content (AvgIpc) is 2.98. The molecule has 5 nitrogen and oxygen atoms in total. The molecular formula is C21H18N2O3S2. The molecule has 0 aliphatic heterocycles. The van der Waals surface area contributed by atoms with Crippen molar-refractivity contribution in [1.82, 2.24) is 0 Å². The highest BCUT2D eigenvalue weighted by molar-refractivity contribution is 8.04. The number of nitriles is 1. The van der Waals surface area contributed by atoms with E-state index in [1.807, 2.05) is 47.9 Å². The number of ether oxygens (including phenoxy) is 1. The number of nitrogens with zero attached hydrogens (tertiary/aromatic N) is 1. The summed E-state index contributed by atoms with van der Waals surface area (Å²) in [6.45, 7) is 3.75. The molecule has 0 fully saturated rings. The minimum atomic E-state index is -0.445. The molecule has 0 saturated heterocycles. The second kappa shape index (κ2) is 8.91. The Morgan fingerprint density at radius 3 is 2.71 bits per heavy atom. The SMILES string of the molecule is CCOC(=O)c1sc(NC(=O)Cc2cccc3ccccc23)c(SC#N)c1C. The first-order chi connectivity index (χ1) is 13.5. The maximum Gasteiger partial charge on any atom is 0.348 e. The van der Waals surface area contributed by atoms with Crippen molar-refractivity contribution in [3.8, 4) is 5.40 Å². The molecule has 1 aromatic heterocycles. The highest BCUT2D eigenvalue weighted by atomic mass is 32.2. The maximum atomic E-state index is 12.7. The third-order valence-corrected chi connectivity index (χ3v) is 6.31. The fourth-order valence-electron chi connectivity index (χ4n) is 2.93. The number of nitrogens with one attached hydrogen (secondary N) is 1. The van der Waals surface area contributed by atoms with Crippen LogP contribution in [0.2, 0.25) is 0 Å². The van der Waals surface area contributed by atoms with Crippen LogP contribution in [0.3, 0.4) is 0 Å². The molecule has 1 N–H and O–H groups in total. The van der Waals surface area contributed by atoms with Crippen molar-refractivity contribution in [3.05, 3.63) is 58.5 Å². The first-order valence-electron chi connectivity index (χ1n) is 8.68. The number of fused-ring (bicyclic) bond motifs is 1. The Morgan fingerprint density at radius 1 is 1.21 bits per heavy atom. The number of esters is 1. The molecule has 0 bridgehead atoms. The number of rotatable bonds is 6. The summed E-state index contributed by atoms with van der Waals surface area (Å²) in [5, 5.41) is 16.6. The molecule has 3 aromatic rings. The van der Waals surface area contributed by atoms with Crippen molar-refractivity contribution < 1.29 is 14.3 Å². The average molecular weight is 411 g/mol. The molecule has 0 aliphatic rings. The third kappa shape index (κ3) is 4.19. The Morgan fingerprint density at radius 2 is 1.96 bits per heavy atom. The van der Waals surface area contributed by atoms with Gasteiger partial charge in [-0.1, -0.05) is 42.5 Å². The molecule has 0 aliphatic carbocycles. The Labute approximate surface area is 171 Å². The number of benzene rings is 2. The van der Waals surface area contributed by atoms with Gasteiger partial charge in [-0.05, 0) is 47.5 Å². The number of carbonyl (C=O) groups excluding carboxylic acids is 2. The topological polar surface area (TPSA) is 79.2 Å². The van der Waals surface area contributed by atoms with Gasteiger partial charge in [-0.25, -0.2) is 4.79 Å². The van der Waals surface area contributed by atoms with Gasteiger partial charge in [0.15, 0.2) is 0 Å². The van der Waals surface area contributed by atoms with Crippen LogP contribution in [-0.2, 0) is 16.0 Å². The van der Waals surface area contributed by atoms with Crippen molar-refractivity contribution in [2.24, 2.45) is 0 Å². The summed E-state index contributed by atoms with van der Waals surface area (Å²) in [4.78, 5) is 25.8. The van der Waals surface area contributed by atoms with Gasteiger partial charge < -0.3 is 10.1 Å². The Kier molecular flexibility index (Phi) is 6.34. The number of thiocyanates is 1. The van der Waals surface area contributed by atoms with Gasteiger partial charge >= 0.3 is 5.97 Å². The van der Waals surface area contributed by atoms with Crippen LogP contribution in [0.4, 0.5) is 5.00 Å². The van der Waals surface area contributed by atoms with E-state index in [2.05, 4.69) is 5.32 Å². The lowest BCUT2D eigenvalue weighted by Crippen LogP contribution is -2.14. The summed E-state index contributed by atoms with van der Waals surface area (Å²) in [6, 6.07) is 13.8. The van der Waals surface area contributed by atoms with Crippen molar-refractivity contribution >= 4 is 50.7 Å². The van der Waals surface area contributed by atoms with Crippen LogP contribution in [0, 0.1) is 17.6 Å². The van der Waals surface area contributed by atoms with E-state index in [0.29, 0.717) is 20.3 Å². The molecule has 1 amide bonds. The van der Waals surface area contributed by atoms with E-state index in [1.54, 1.807) is 13.8 Å². The van der Waals surface area contributed by atoms with Crippen LogP contribution in [-0.4, -0.2) is 18.5 Å². The standard InChI is InChI=1S/C21H18N2O3S2/c1-3-26-21(25)19-13(2)18(27-12-22)20(28-19)23-17(24)11-15-9-6-8-14-7-4-5-10-16(14)15/h4-10H,3,11H2,1-2H3,(H,23,24). The lowest BCUT2D eigenvalue weighted by molar-refractivity contribution is -0.115. The number of hydrogen-bond donors (Lipinski definition) is 1. The lowest BCUT2D eigenvalue weighted by Gasteiger charge is -2.08. The highest BCUT2D eigenvalue weighted by Gasteiger charge is 2.23. The van der Waals surface area contributed by atoms with Crippen LogP contribution in [0.25, 0.3) is 10.8 Å². The predicted octanol–water partition coefficient (Wildman–Crippen LogP) is 5.14. The summed E-state index contributed by atoms with van der Waals surface area (Å²) in [5.41, 5.74) is 1.57. The van der Waals surface area contributed by atoms with Crippen LogP contribution in [0.5, 0.6) is 0 Å². The molecule has 1 heterocycles. The first kappa shape index (κ1) is 19.9. The summed E-state index contributed by atoms with van der Waals surface area (Å²) in [7, 11) is 0. The van der Waals surface area contributed by atoms with Crippen molar-refractivity contribution in [2.45, 2.75) is 25.2 Å². The second-order valence-corrected chi connectivity index (χ2v) is 7.81. The molecule has 3 rings (SSSR count). The van der Waals surface area contributed by atoms with Crippen LogP contribution in [0.1, 0.15) is 27.7 Å². The molecule has 2 aromatic carbocycles. The van der Waals surface area contributed by atoms with Crippen LogP contribution in [0.15, 0.2) is 47.4 Å². The van der Waals surface area contributed by atoms with Gasteiger partial charge in [-0.15, -0.1) is 11.3 Å². The number of hydrogen-bond acceptors (Lipinski definition) is 6. The van der Waals surface area contributed by atoms with Gasteiger partial charge in [0.1, 0.15) is 15.3 Å². The zero-order valence-corrected chi connectivity index (χ0v) is 17.1. The van der Waals surface area contributed by atoms with E-state index in [9.17, 15) is 9.59 Å². The van der Waals surface area contributed by atoms with Gasteiger partial charge in [0, 0.05) is 0 Å². The molecule has 0 unspecified atom stereocenters. The number of thiophene rings is 1.